The van der Waals surface area contributed by atoms with Gasteiger partial charge in [0.15, 0.2) is 13.6 Å². The van der Waals surface area contributed by atoms with Gasteiger partial charge in [-0.2, -0.15) is 0 Å². The van der Waals surface area contributed by atoms with Gasteiger partial charge < -0.3 is 18.8 Å². The van der Waals surface area contributed by atoms with E-state index in [-0.39, 0.29) is 22.8 Å². The standard InChI is InChI=1S/C25H25O6P/c1-15-11-12-19(23(26)17-9-7-6-8-10-17)16(2)24(15)32(28)25(27)22-20(30-4)13-18(29-3)14-21(22)31-5/h6-14,32H,1-5H3. The first-order valence-corrected chi connectivity index (χ1v) is 11.3. The van der Waals surface area contributed by atoms with Crippen molar-refractivity contribution < 1.29 is 28.4 Å². The van der Waals surface area contributed by atoms with E-state index in [9.17, 15) is 14.2 Å². The van der Waals surface area contributed by atoms with Gasteiger partial charge in [-0.15, -0.1) is 0 Å². The Morgan fingerprint density at radius 3 is 1.94 bits per heavy atom. The molecular weight excluding hydrogens is 427 g/mol. The molecule has 0 bridgehead atoms. The van der Waals surface area contributed by atoms with E-state index in [2.05, 4.69) is 0 Å². The van der Waals surface area contributed by atoms with Crippen molar-refractivity contribution in [2.75, 3.05) is 21.3 Å². The largest absolute Gasteiger partial charge is 0.496 e. The SMILES string of the molecule is COc1cc(OC)c(C(=O)[PH](=O)c2c(C)ccc(C(=O)c3ccccc3)c2C)c(OC)c1. The van der Waals surface area contributed by atoms with Gasteiger partial charge in [0, 0.05) is 28.6 Å². The maximum absolute atomic E-state index is 13.6. The molecule has 0 amide bonds. The van der Waals surface area contributed by atoms with Crippen LogP contribution in [0, 0.1) is 13.8 Å². The Kier molecular flexibility index (Phi) is 7.16. The average molecular weight is 452 g/mol. The Morgan fingerprint density at radius 1 is 0.812 bits per heavy atom. The number of carbonyl (C=O) groups is 2. The summed E-state index contributed by atoms with van der Waals surface area (Å²) in [6, 6.07) is 15.4. The Labute approximate surface area is 187 Å². The van der Waals surface area contributed by atoms with Crippen LogP contribution in [0.1, 0.15) is 37.4 Å². The van der Waals surface area contributed by atoms with Gasteiger partial charge in [0.05, 0.1) is 21.3 Å². The predicted molar refractivity (Wildman–Crippen MR) is 125 cm³/mol. The van der Waals surface area contributed by atoms with Gasteiger partial charge >= 0.3 is 0 Å². The van der Waals surface area contributed by atoms with Crippen molar-refractivity contribution in [3.63, 3.8) is 0 Å². The fourth-order valence-electron chi connectivity index (χ4n) is 3.64. The number of hydrogen-bond donors (Lipinski definition) is 0. The molecule has 3 aromatic rings. The smallest absolute Gasteiger partial charge is 0.230 e. The fraction of sp³-hybridized carbons (Fsp3) is 0.200. The Morgan fingerprint density at radius 2 is 1.41 bits per heavy atom. The lowest BCUT2D eigenvalue weighted by molar-refractivity contribution is 0.103. The van der Waals surface area contributed by atoms with E-state index in [0.29, 0.717) is 33.3 Å². The molecule has 0 aromatic heterocycles. The van der Waals surface area contributed by atoms with E-state index in [1.54, 1.807) is 62.4 Å². The molecule has 166 valence electrons. The minimum atomic E-state index is -3.02. The van der Waals surface area contributed by atoms with Crippen molar-refractivity contribution in [1.82, 2.24) is 0 Å². The zero-order valence-electron chi connectivity index (χ0n) is 18.6. The van der Waals surface area contributed by atoms with Gasteiger partial charge in [-0.05, 0) is 25.0 Å². The molecule has 0 saturated heterocycles. The number of benzene rings is 3. The maximum Gasteiger partial charge on any atom is 0.230 e. The molecule has 0 N–H and O–H groups in total. The van der Waals surface area contributed by atoms with Crippen molar-refractivity contribution in [3.8, 4) is 17.2 Å². The van der Waals surface area contributed by atoms with Crippen LogP contribution in [-0.4, -0.2) is 32.6 Å². The first-order chi connectivity index (χ1) is 15.3. The second kappa shape index (κ2) is 9.84. The molecule has 0 radical (unpaired) electrons. The van der Waals surface area contributed by atoms with Crippen molar-refractivity contribution in [3.05, 3.63) is 82.4 Å². The molecule has 1 unspecified atom stereocenters. The monoisotopic (exact) mass is 452 g/mol. The molecule has 1 atom stereocenters. The average Bonchev–Trinajstić information content (AvgIpc) is 2.82. The van der Waals surface area contributed by atoms with Crippen LogP contribution in [-0.2, 0) is 4.57 Å². The highest BCUT2D eigenvalue weighted by Crippen LogP contribution is 2.41. The number of rotatable bonds is 8. The topological polar surface area (TPSA) is 78.9 Å². The van der Waals surface area contributed by atoms with Crippen molar-refractivity contribution in [1.29, 1.82) is 0 Å². The van der Waals surface area contributed by atoms with Crippen LogP contribution in [0.2, 0.25) is 0 Å². The zero-order valence-corrected chi connectivity index (χ0v) is 19.6. The summed E-state index contributed by atoms with van der Waals surface area (Å²) in [5.41, 5.74) is 1.62. The highest BCUT2D eigenvalue weighted by molar-refractivity contribution is 7.71. The number of ketones is 1. The molecule has 0 fully saturated rings. The van der Waals surface area contributed by atoms with E-state index in [0.717, 1.165) is 0 Å². The van der Waals surface area contributed by atoms with E-state index >= 15 is 0 Å². The summed E-state index contributed by atoms with van der Waals surface area (Å²) in [6.07, 6.45) is 0. The molecule has 0 aliphatic rings. The number of aryl methyl sites for hydroxylation is 1. The lowest BCUT2D eigenvalue weighted by Crippen LogP contribution is -2.17. The van der Waals surface area contributed by atoms with Crippen LogP contribution in [0.25, 0.3) is 0 Å². The second-order valence-electron chi connectivity index (χ2n) is 7.19. The third kappa shape index (κ3) is 4.32. The molecule has 0 heterocycles. The van der Waals surface area contributed by atoms with Crippen LogP contribution >= 0.6 is 7.80 Å². The van der Waals surface area contributed by atoms with Crippen LogP contribution in [0.15, 0.2) is 54.6 Å². The summed E-state index contributed by atoms with van der Waals surface area (Å²) in [7, 11) is 1.30. The normalized spacial score (nSPS) is 11.5. The van der Waals surface area contributed by atoms with E-state index in [4.69, 9.17) is 14.2 Å². The predicted octanol–water partition coefficient (Wildman–Crippen LogP) is 4.59. The summed E-state index contributed by atoms with van der Waals surface area (Å²) in [6.45, 7) is 3.49. The Balaban J connectivity index is 2.11. The zero-order chi connectivity index (χ0) is 23.4. The van der Waals surface area contributed by atoms with Crippen molar-refractivity contribution in [2.45, 2.75) is 13.8 Å². The van der Waals surface area contributed by atoms with Gasteiger partial charge in [0.2, 0.25) is 5.52 Å². The number of hydrogen-bond acceptors (Lipinski definition) is 6. The molecule has 0 aliphatic heterocycles. The summed E-state index contributed by atoms with van der Waals surface area (Å²) in [5, 5.41) is 0.377. The van der Waals surface area contributed by atoms with E-state index in [1.807, 2.05) is 6.07 Å². The molecule has 3 aromatic carbocycles. The lowest BCUT2D eigenvalue weighted by Gasteiger charge is -2.17. The van der Waals surface area contributed by atoms with Gasteiger partial charge in [-0.25, -0.2) is 0 Å². The third-order valence-electron chi connectivity index (χ3n) is 5.33. The van der Waals surface area contributed by atoms with E-state index in [1.165, 1.54) is 21.3 Å². The highest BCUT2D eigenvalue weighted by Gasteiger charge is 2.28. The molecule has 0 saturated carbocycles. The van der Waals surface area contributed by atoms with Gasteiger partial charge in [0.25, 0.3) is 0 Å². The Bertz CT molecular complexity index is 1180. The molecule has 0 aliphatic carbocycles. The highest BCUT2D eigenvalue weighted by atomic mass is 31.1. The summed E-state index contributed by atoms with van der Waals surface area (Å²) >= 11 is 0. The molecule has 7 heteroatoms. The fourth-order valence-corrected chi connectivity index (χ4v) is 5.26. The van der Waals surface area contributed by atoms with Gasteiger partial charge in [-0.1, -0.05) is 42.5 Å². The minimum Gasteiger partial charge on any atom is -0.496 e. The van der Waals surface area contributed by atoms with Crippen LogP contribution < -0.4 is 19.5 Å². The van der Waals surface area contributed by atoms with Crippen LogP contribution in [0.4, 0.5) is 0 Å². The second-order valence-corrected chi connectivity index (χ2v) is 8.80. The number of carbonyl (C=O) groups excluding carboxylic acids is 2. The van der Waals surface area contributed by atoms with Crippen LogP contribution in [0.3, 0.4) is 0 Å². The molecule has 0 spiro atoms. The minimum absolute atomic E-state index is 0.0817. The Hall–Kier alpha value is -3.37. The molecule has 3 rings (SSSR count). The molecular formula is C25H25O6P. The first-order valence-electron chi connectivity index (χ1n) is 9.93. The van der Waals surface area contributed by atoms with Crippen molar-refractivity contribution in [2.24, 2.45) is 0 Å². The van der Waals surface area contributed by atoms with Crippen LogP contribution in [0.5, 0.6) is 17.2 Å². The molecule has 6 nitrogen and oxygen atoms in total. The first kappa shape index (κ1) is 23.3. The summed E-state index contributed by atoms with van der Waals surface area (Å²) in [4.78, 5) is 26.4. The third-order valence-corrected chi connectivity index (χ3v) is 7.22. The quantitative estimate of drug-likeness (QED) is 0.368. The van der Waals surface area contributed by atoms with Gasteiger partial charge in [0.1, 0.15) is 22.8 Å². The van der Waals surface area contributed by atoms with E-state index < -0.39 is 13.3 Å². The number of methoxy groups -OCH3 is 3. The summed E-state index contributed by atoms with van der Waals surface area (Å²) < 4.78 is 29.5. The number of ether oxygens (including phenoxy) is 3. The molecule has 32 heavy (non-hydrogen) atoms. The maximum atomic E-state index is 13.6. The lowest BCUT2D eigenvalue weighted by atomic mass is 9.97. The van der Waals surface area contributed by atoms with Crippen molar-refractivity contribution >= 4 is 24.4 Å². The van der Waals surface area contributed by atoms with Gasteiger partial charge in [-0.3, -0.25) is 9.59 Å². The summed E-state index contributed by atoms with van der Waals surface area (Å²) in [5.74, 6) is 0.664.